The number of nitrogens with zero attached hydrogens (tertiary/aromatic N) is 1. The standard InChI is InChI=1S/C16H24N2O/c1-3-10-18-11-8-15(9-12-18)17-16(19)14-6-4-13(2)5-7-14/h4-7,15H,3,8-12H2,1-2H3,(H,17,19). The van der Waals surface area contributed by atoms with Crippen molar-refractivity contribution in [1.82, 2.24) is 10.2 Å². The van der Waals surface area contributed by atoms with Crippen molar-refractivity contribution in [1.29, 1.82) is 0 Å². The van der Waals surface area contributed by atoms with Crippen LogP contribution in [0, 0.1) is 6.92 Å². The van der Waals surface area contributed by atoms with Crippen molar-refractivity contribution in [3.63, 3.8) is 0 Å². The van der Waals surface area contributed by atoms with Gasteiger partial charge in [0, 0.05) is 24.7 Å². The van der Waals surface area contributed by atoms with Gasteiger partial charge in [0.2, 0.25) is 0 Å². The smallest absolute Gasteiger partial charge is 0.251 e. The highest BCUT2D eigenvalue weighted by Gasteiger charge is 2.20. The Hall–Kier alpha value is -1.35. The summed E-state index contributed by atoms with van der Waals surface area (Å²) in [5.74, 6) is 0.0638. The van der Waals surface area contributed by atoms with E-state index in [1.54, 1.807) is 0 Å². The summed E-state index contributed by atoms with van der Waals surface area (Å²) in [7, 11) is 0. The summed E-state index contributed by atoms with van der Waals surface area (Å²) in [6.07, 6.45) is 3.34. The molecule has 1 saturated heterocycles. The quantitative estimate of drug-likeness (QED) is 0.902. The minimum Gasteiger partial charge on any atom is -0.349 e. The molecule has 1 aromatic carbocycles. The van der Waals surface area contributed by atoms with Gasteiger partial charge in [0.1, 0.15) is 0 Å². The summed E-state index contributed by atoms with van der Waals surface area (Å²) in [5, 5.41) is 3.15. The Labute approximate surface area is 116 Å². The predicted molar refractivity (Wildman–Crippen MR) is 78.4 cm³/mol. The molecule has 1 N–H and O–H groups in total. The number of carbonyl (C=O) groups excluding carboxylic acids is 1. The molecule has 1 amide bonds. The van der Waals surface area contributed by atoms with E-state index in [1.807, 2.05) is 31.2 Å². The van der Waals surface area contributed by atoms with Crippen LogP contribution in [0.5, 0.6) is 0 Å². The minimum absolute atomic E-state index is 0.0638. The summed E-state index contributed by atoms with van der Waals surface area (Å²) >= 11 is 0. The van der Waals surface area contributed by atoms with E-state index in [4.69, 9.17) is 0 Å². The number of hydrogen-bond donors (Lipinski definition) is 1. The van der Waals surface area contributed by atoms with Crippen molar-refractivity contribution >= 4 is 5.91 Å². The molecule has 0 aromatic heterocycles. The van der Waals surface area contributed by atoms with Gasteiger partial charge in [-0.15, -0.1) is 0 Å². The lowest BCUT2D eigenvalue weighted by Crippen LogP contribution is -2.44. The second-order valence-electron chi connectivity index (χ2n) is 5.46. The highest BCUT2D eigenvalue weighted by Crippen LogP contribution is 2.12. The van der Waals surface area contributed by atoms with Gasteiger partial charge in [-0.3, -0.25) is 4.79 Å². The Morgan fingerprint density at radius 3 is 2.47 bits per heavy atom. The molecule has 0 saturated carbocycles. The van der Waals surface area contributed by atoms with Gasteiger partial charge >= 0.3 is 0 Å². The molecule has 0 atom stereocenters. The van der Waals surface area contributed by atoms with E-state index >= 15 is 0 Å². The van der Waals surface area contributed by atoms with E-state index in [9.17, 15) is 4.79 Å². The molecule has 1 fully saturated rings. The first-order valence-electron chi connectivity index (χ1n) is 7.29. The molecule has 0 aliphatic carbocycles. The molecule has 2 rings (SSSR count). The SMILES string of the molecule is CCCN1CCC(NC(=O)c2ccc(C)cc2)CC1. The van der Waals surface area contributed by atoms with Crippen LogP contribution in [0.2, 0.25) is 0 Å². The number of likely N-dealkylation sites (tertiary alicyclic amines) is 1. The lowest BCUT2D eigenvalue weighted by Gasteiger charge is -2.32. The minimum atomic E-state index is 0.0638. The fourth-order valence-electron chi connectivity index (χ4n) is 2.59. The molecule has 0 unspecified atom stereocenters. The van der Waals surface area contributed by atoms with Crippen molar-refractivity contribution < 1.29 is 4.79 Å². The van der Waals surface area contributed by atoms with Crippen LogP contribution in [0.1, 0.15) is 42.1 Å². The summed E-state index contributed by atoms with van der Waals surface area (Å²) in [6.45, 7) is 7.63. The lowest BCUT2D eigenvalue weighted by atomic mass is 10.0. The zero-order valence-corrected chi connectivity index (χ0v) is 12.0. The van der Waals surface area contributed by atoms with Crippen molar-refractivity contribution in [3.05, 3.63) is 35.4 Å². The summed E-state index contributed by atoms with van der Waals surface area (Å²) in [4.78, 5) is 14.6. The van der Waals surface area contributed by atoms with Gasteiger partial charge in [-0.1, -0.05) is 24.6 Å². The Morgan fingerprint density at radius 1 is 1.26 bits per heavy atom. The normalized spacial score (nSPS) is 17.4. The molecular formula is C16H24N2O. The first-order chi connectivity index (χ1) is 9.19. The average molecular weight is 260 g/mol. The molecular weight excluding hydrogens is 236 g/mol. The lowest BCUT2D eigenvalue weighted by molar-refractivity contribution is 0.0911. The van der Waals surface area contributed by atoms with Crippen LogP contribution in [-0.2, 0) is 0 Å². The molecule has 104 valence electrons. The molecule has 1 aliphatic rings. The molecule has 1 aliphatic heterocycles. The van der Waals surface area contributed by atoms with E-state index in [0.717, 1.165) is 31.5 Å². The Bertz CT molecular complexity index is 405. The maximum absolute atomic E-state index is 12.1. The van der Waals surface area contributed by atoms with E-state index in [0.29, 0.717) is 6.04 Å². The van der Waals surface area contributed by atoms with Crippen molar-refractivity contribution in [2.45, 2.75) is 39.2 Å². The van der Waals surface area contributed by atoms with Crippen LogP contribution in [0.3, 0.4) is 0 Å². The predicted octanol–water partition coefficient (Wildman–Crippen LogP) is 2.60. The molecule has 0 spiro atoms. The summed E-state index contributed by atoms with van der Waals surface area (Å²) in [6, 6.07) is 8.10. The van der Waals surface area contributed by atoms with Gasteiger partial charge in [-0.25, -0.2) is 0 Å². The topological polar surface area (TPSA) is 32.3 Å². The fourth-order valence-corrected chi connectivity index (χ4v) is 2.59. The van der Waals surface area contributed by atoms with Crippen molar-refractivity contribution in [2.75, 3.05) is 19.6 Å². The van der Waals surface area contributed by atoms with Gasteiger partial charge in [-0.2, -0.15) is 0 Å². The van der Waals surface area contributed by atoms with Gasteiger partial charge in [0.25, 0.3) is 5.91 Å². The number of amides is 1. The van der Waals surface area contributed by atoms with Gasteiger partial charge < -0.3 is 10.2 Å². The van der Waals surface area contributed by atoms with Gasteiger partial charge in [-0.05, 0) is 44.9 Å². The maximum Gasteiger partial charge on any atom is 0.251 e. The number of piperidine rings is 1. The highest BCUT2D eigenvalue weighted by atomic mass is 16.1. The number of aryl methyl sites for hydroxylation is 1. The second kappa shape index (κ2) is 6.71. The van der Waals surface area contributed by atoms with Crippen LogP contribution in [-0.4, -0.2) is 36.5 Å². The molecule has 1 aromatic rings. The van der Waals surface area contributed by atoms with Crippen molar-refractivity contribution in [3.8, 4) is 0 Å². The second-order valence-corrected chi connectivity index (χ2v) is 5.46. The van der Waals surface area contributed by atoms with Crippen molar-refractivity contribution in [2.24, 2.45) is 0 Å². The summed E-state index contributed by atoms with van der Waals surface area (Å²) < 4.78 is 0. The molecule has 3 heteroatoms. The number of carbonyl (C=O) groups is 1. The maximum atomic E-state index is 12.1. The molecule has 0 radical (unpaired) electrons. The zero-order valence-electron chi connectivity index (χ0n) is 12.0. The van der Waals surface area contributed by atoms with Gasteiger partial charge in [0.05, 0.1) is 0 Å². The summed E-state index contributed by atoms with van der Waals surface area (Å²) in [5.41, 5.74) is 1.95. The number of nitrogens with one attached hydrogen (secondary N) is 1. The first-order valence-corrected chi connectivity index (χ1v) is 7.29. The number of hydrogen-bond acceptors (Lipinski definition) is 2. The van der Waals surface area contributed by atoms with Gasteiger partial charge in [0.15, 0.2) is 0 Å². The third-order valence-corrected chi connectivity index (χ3v) is 3.78. The fraction of sp³-hybridized carbons (Fsp3) is 0.562. The van der Waals surface area contributed by atoms with Crippen LogP contribution < -0.4 is 5.32 Å². The molecule has 19 heavy (non-hydrogen) atoms. The van der Waals surface area contributed by atoms with E-state index < -0.39 is 0 Å². The number of benzene rings is 1. The number of rotatable bonds is 4. The molecule has 1 heterocycles. The Kier molecular flexibility index (Phi) is 4.97. The highest BCUT2D eigenvalue weighted by molar-refractivity contribution is 5.94. The molecule has 3 nitrogen and oxygen atoms in total. The zero-order chi connectivity index (χ0) is 13.7. The average Bonchev–Trinajstić information content (AvgIpc) is 2.42. The first kappa shape index (κ1) is 14.1. The van der Waals surface area contributed by atoms with E-state index in [-0.39, 0.29) is 5.91 Å². The largest absolute Gasteiger partial charge is 0.349 e. The monoisotopic (exact) mass is 260 g/mol. The third kappa shape index (κ3) is 4.06. The van der Waals surface area contributed by atoms with Crippen LogP contribution in [0.25, 0.3) is 0 Å². The Morgan fingerprint density at radius 2 is 1.89 bits per heavy atom. The van der Waals surface area contributed by atoms with Crippen LogP contribution >= 0.6 is 0 Å². The van der Waals surface area contributed by atoms with E-state index in [2.05, 4.69) is 17.1 Å². The van der Waals surface area contributed by atoms with E-state index in [1.165, 1.54) is 18.5 Å². The Balaban J connectivity index is 1.82. The third-order valence-electron chi connectivity index (χ3n) is 3.78. The van der Waals surface area contributed by atoms with Crippen LogP contribution in [0.4, 0.5) is 0 Å². The van der Waals surface area contributed by atoms with Crippen LogP contribution in [0.15, 0.2) is 24.3 Å². The molecule has 0 bridgehead atoms.